The van der Waals surface area contributed by atoms with Crippen molar-refractivity contribution in [3.63, 3.8) is 0 Å². The van der Waals surface area contributed by atoms with Crippen LogP contribution in [0.4, 0.5) is 11.4 Å². The SMILES string of the molecule is CCn1c2ccccc2c2cc(NC(=O)CN(c3cc(OC)ccc3OC)S(=O)(=O)c3ccccc3)ccc21. The summed E-state index contributed by atoms with van der Waals surface area (Å²) in [4.78, 5) is 13.4. The number of aryl methyl sites for hydroxylation is 1. The topological polar surface area (TPSA) is 89.9 Å². The molecule has 0 aliphatic rings. The molecule has 1 N–H and O–H groups in total. The highest BCUT2D eigenvalue weighted by Crippen LogP contribution is 2.36. The van der Waals surface area contributed by atoms with Crippen molar-refractivity contribution in [1.82, 2.24) is 4.57 Å². The maximum Gasteiger partial charge on any atom is 0.264 e. The van der Waals surface area contributed by atoms with Gasteiger partial charge in [0, 0.05) is 40.1 Å². The van der Waals surface area contributed by atoms with E-state index in [4.69, 9.17) is 9.47 Å². The van der Waals surface area contributed by atoms with E-state index in [9.17, 15) is 13.2 Å². The molecule has 1 heterocycles. The lowest BCUT2D eigenvalue weighted by molar-refractivity contribution is -0.114. The molecule has 4 aromatic carbocycles. The van der Waals surface area contributed by atoms with Gasteiger partial charge in [0.1, 0.15) is 18.0 Å². The van der Waals surface area contributed by atoms with Gasteiger partial charge in [0.15, 0.2) is 0 Å². The van der Waals surface area contributed by atoms with Gasteiger partial charge >= 0.3 is 0 Å². The number of anilines is 2. The molecule has 0 unspecified atom stereocenters. The number of amides is 1. The van der Waals surface area contributed by atoms with Crippen LogP contribution >= 0.6 is 0 Å². The summed E-state index contributed by atoms with van der Waals surface area (Å²) in [6.45, 7) is 2.43. The lowest BCUT2D eigenvalue weighted by Crippen LogP contribution is -2.38. The number of nitrogens with one attached hydrogen (secondary N) is 1. The molecule has 8 nitrogen and oxygen atoms in total. The monoisotopic (exact) mass is 543 g/mol. The zero-order valence-corrected chi connectivity index (χ0v) is 22.7. The van der Waals surface area contributed by atoms with Crippen LogP contribution < -0.4 is 19.1 Å². The predicted molar refractivity (Wildman–Crippen MR) is 154 cm³/mol. The summed E-state index contributed by atoms with van der Waals surface area (Å²) in [6.07, 6.45) is 0. The fourth-order valence-corrected chi connectivity index (χ4v) is 6.26. The maximum absolute atomic E-state index is 13.8. The second kappa shape index (κ2) is 10.7. The Kier molecular flexibility index (Phi) is 7.17. The van der Waals surface area contributed by atoms with Crippen LogP contribution in [0.1, 0.15) is 6.92 Å². The van der Waals surface area contributed by atoms with E-state index in [1.54, 1.807) is 30.3 Å². The van der Waals surface area contributed by atoms with Crippen LogP contribution in [0.15, 0.2) is 95.9 Å². The number of carbonyl (C=O) groups is 1. The Bertz CT molecular complexity index is 1760. The van der Waals surface area contributed by atoms with Crippen molar-refractivity contribution >= 4 is 49.1 Å². The molecule has 9 heteroatoms. The average molecular weight is 544 g/mol. The number of hydrogen-bond donors (Lipinski definition) is 1. The lowest BCUT2D eigenvalue weighted by Gasteiger charge is -2.26. The molecule has 0 atom stereocenters. The van der Waals surface area contributed by atoms with Gasteiger partial charge in [-0.05, 0) is 55.5 Å². The number of ether oxygens (including phenoxy) is 2. The van der Waals surface area contributed by atoms with Crippen LogP contribution in [-0.2, 0) is 21.4 Å². The van der Waals surface area contributed by atoms with E-state index in [2.05, 4.69) is 28.9 Å². The van der Waals surface area contributed by atoms with Crippen LogP contribution in [0.3, 0.4) is 0 Å². The van der Waals surface area contributed by atoms with E-state index in [-0.39, 0.29) is 16.3 Å². The molecule has 0 radical (unpaired) electrons. The van der Waals surface area contributed by atoms with Crippen LogP contribution in [0.25, 0.3) is 21.8 Å². The Morgan fingerprint density at radius 1 is 0.846 bits per heavy atom. The normalized spacial score (nSPS) is 11.5. The van der Waals surface area contributed by atoms with Gasteiger partial charge in [-0.1, -0.05) is 36.4 Å². The number of fused-ring (bicyclic) bond motifs is 3. The number of benzene rings is 4. The first-order valence-corrected chi connectivity index (χ1v) is 13.9. The number of nitrogens with zero attached hydrogens (tertiary/aromatic N) is 2. The molecule has 0 aliphatic carbocycles. The first-order valence-electron chi connectivity index (χ1n) is 12.5. The number of aromatic nitrogens is 1. The molecule has 0 fully saturated rings. The van der Waals surface area contributed by atoms with Gasteiger partial charge in [-0.25, -0.2) is 8.42 Å². The third-order valence-corrected chi connectivity index (χ3v) is 8.42. The minimum atomic E-state index is -4.13. The molecule has 5 rings (SSSR count). The number of para-hydroxylation sites is 1. The van der Waals surface area contributed by atoms with Gasteiger partial charge in [-0.3, -0.25) is 9.10 Å². The predicted octanol–water partition coefficient (Wildman–Crippen LogP) is 5.67. The van der Waals surface area contributed by atoms with Crippen LogP contribution in [-0.4, -0.2) is 39.7 Å². The number of sulfonamides is 1. The zero-order valence-electron chi connectivity index (χ0n) is 21.9. The summed E-state index contributed by atoms with van der Waals surface area (Å²) in [6, 6.07) is 26.6. The van der Waals surface area contributed by atoms with Gasteiger partial charge in [-0.2, -0.15) is 0 Å². The highest BCUT2D eigenvalue weighted by molar-refractivity contribution is 7.92. The first kappa shape index (κ1) is 26.1. The fraction of sp³-hybridized carbons (Fsp3) is 0.167. The van der Waals surface area contributed by atoms with Crippen molar-refractivity contribution < 1.29 is 22.7 Å². The molecule has 0 bridgehead atoms. The van der Waals surface area contributed by atoms with Gasteiger partial charge in [0.05, 0.1) is 24.8 Å². The van der Waals surface area contributed by atoms with Crippen molar-refractivity contribution in [3.05, 3.63) is 91.0 Å². The molecule has 200 valence electrons. The Labute approximate surface area is 227 Å². The Morgan fingerprint density at radius 3 is 2.28 bits per heavy atom. The van der Waals surface area contributed by atoms with Crippen molar-refractivity contribution in [2.75, 3.05) is 30.4 Å². The van der Waals surface area contributed by atoms with E-state index < -0.39 is 22.5 Å². The number of hydrogen-bond acceptors (Lipinski definition) is 5. The van der Waals surface area contributed by atoms with Crippen LogP contribution in [0, 0.1) is 0 Å². The van der Waals surface area contributed by atoms with Crippen LogP contribution in [0.2, 0.25) is 0 Å². The summed E-state index contributed by atoms with van der Waals surface area (Å²) >= 11 is 0. The van der Waals surface area contributed by atoms with Crippen molar-refractivity contribution in [3.8, 4) is 11.5 Å². The summed E-state index contributed by atoms with van der Waals surface area (Å²) < 4.78 is 41.6. The highest BCUT2D eigenvalue weighted by atomic mass is 32.2. The van der Waals surface area contributed by atoms with Crippen LogP contribution in [0.5, 0.6) is 11.5 Å². The van der Waals surface area contributed by atoms with Gasteiger partial charge < -0.3 is 19.4 Å². The lowest BCUT2D eigenvalue weighted by atomic mass is 10.1. The van der Waals surface area contributed by atoms with Crippen molar-refractivity contribution in [2.45, 2.75) is 18.4 Å². The molecule has 0 saturated carbocycles. The molecule has 0 spiro atoms. The van der Waals surface area contributed by atoms with Crippen molar-refractivity contribution in [1.29, 1.82) is 0 Å². The van der Waals surface area contributed by atoms with Gasteiger partial charge in [0.2, 0.25) is 5.91 Å². The summed E-state index contributed by atoms with van der Waals surface area (Å²) in [7, 11) is -1.20. The molecule has 39 heavy (non-hydrogen) atoms. The standard InChI is InChI=1S/C30H29N3O5S/c1-4-32-26-13-9-8-12-24(26)25-18-21(14-16-27(25)32)31-30(34)20-33(39(35,36)23-10-6-5-7-11-23)28-19-22(37-2)15-17-29(28)38-3/h5-19H,4,20H2,1-3H3,(H,31,34). The minimum absolute atomic E-state index is 0.0523. The molecule has 1 aromatic heterocycles. The largest absolute Gasteiger partial charge is 0.497 e. The maximum atomic E-state index is 13.8. The van der Waals surface area contributed by atoms with Crippen molar-refractivity contribution in [2.24, 2.45) is 0 Å². The smallest absolute Gasteiger partial charge is 0.264 e. The Hall–Kier alpha value is -4.50. The van der Waals surface area contributed by atoms with E-state index in [1.807, 2.05) is 30.3 Å². The molecule has 5 aromatic rings. The molecule has 0 saturated heterocycles. The minimum Gasteiger partial charge on any atom is -0.497 e. The summed E-state index contributed by atoms with van der Waals surface area (Å²) in [5.74, 6) is 0.215. The van der Waals surface area contributed by atoms with Gasteiger partial charge in [0.25, 0.3) is 10.0 Å². The Balaban J connectivity index is 1.53. The molecule has 0 aliphatic heterocycles. The second-order valence-electron chi connectivity index (χ2n) is 8.90. The van der Waals surface area contributed by atoms with E-state index in [1.165, 1.54) is 32.4 Å². The fourth-order valence-electron chi connectivity index (χ4n) is 4.81. The first-order chi connectivity index (χ1) is 18.9. The third kappa shape index (κ3) is 4.88. The van der Waals surface area contributed by atoms with E-state index in [0.29, 0.717) is 11.4 Å². The Morgan fingerprint density at radius 2 is 1.56 bits per heavy atom. The number of rotatable bonds is 9. The zero-order chi connectivity index (χ0) is 27.6. The molecular weight excluding hydrogens is 514 g/mol. The molecular formula is C30H29N3O5S. The molecule has 1 amide bonds. The number of methoxy groups -OCH3 is 2. The summed E-state index contributed by atoms with van der Waals surface area (Å²) in [5, 5.41) is 4.98. The third-order valence-electron chi connectivity index (χ3n) is 6.65. The highest BCUT2D eigenvalue weighted by Gasteiger charge is 2.30. The summed E-state index contributed by atoms with van der Waals surface area (Å²) in [5.41, 5.74) is 2.94. The van der Waals surface area contributed by atoms with E-state index >= 15 is 0 Å². The van der Waals surface area contributed by atoms with Gasteiger partial charge in [-0.15, -0.1) is 0 Å². The van der Waals surface area contributed by atoms with E-state index in [0.717, 1.165) is 32.7 Å². The number of carbonyl (C=O) groups excluding carboxylic acids is 1. The average Bonchev–Trinajstić information content (AvgIpc) is 3.28. The second-order valence-corrected chi connectivity index (χ2v) is 10.8. The quantitative estimate of drug-likeness (QED) is 0.259.